The number of likely N-dealkylation sites (tertiary alicyclic amines) is 1. The van der Waals surface area contributed by atoms with Crippen LogP contribution in [-0.4, -0.2) is 46.7 Å². The smallest absolute Gasteiger partial charge is 0.257 e. The average Bonchev–Trinajstić information content (AvgIpc) is 3.27. The highest BCUT2D eigenvalue weighted by Gasteiger charge is 2.39. The molecule has 1 aromatic carbocycles. The molecule has 1 aromatic heterocycles. The van der Waals surface area contributed by atoms with Crippen LogP contribution in [-0.2, 0) is 0 Å². The number of hydrogen-bond acceptors (Lipinski definition) is 3. The number of phenols is 1. The third-order valence-corrected chi connectivity index (χ3v) is 5.39. The van der Waals surface area contributed by atoms with Gasteiger partial charge in [0.1, 0.15) is 5.75 Å². The predicted molar refractivity (Wildman–Crippen MR) is 92.5 cm³/mol. The van der Waals surface area contributed by atoms with Crippen LogP contribution in [0.3, 0.4) is 0 Å². The van der Waals surface area contributed by atoms with Gasteiger partial charge < -0.3 is 19.9 Å². The van der Waals surface area contributed by atoms with Gasteiger partial charge in [0.05, 0.1) is 5.56 Å². The molecule has 0 aliphatic carbocycles. The zero-order valence-electron chi connectivity index (χ0n) is 13.7. The number of aromatic hydroxyl groups is 1. The Balaban J connectivity index is 1.61. The second-order valence-electron chi connectivity index (χ2n) is 7.05. The lowest BCUT2D eigenvalue weighted by Crippen LogP contribution is -2.47. The van der Waals surface area contributed by atoms with Crippen LogP contribution in [0.4, 0.5) is 0 Å². The number of aromatic nitrogens is 1. The number of hydrogen-bond donors (Lipinski definition) is 2. The van der Waals surface area contributed by atoms with E-state index in [1.165, 1.54) is 6.42 Å². The van der Waals surface area contributed by atoms with Gasteiger partial charge in [0.25, 0.3) is 5.91 Å². The fraction of sp³-hybridized carbons (Fsp3) is 0.421. The summed E-state index contributed by atoms with van der Waals surface area (Å²) in [6.45, 7) is 3.59. The van der Waals surface area contributed by atoms with E-state index in [9.17, 15) is 9.90 Å². The highest BCUT2D eigenvalue weighted by molar-refractivity contribution is 5.97. The van der Waals surface area contributed by atoms with Gasteiger partial charge >= 0.3 is 0 Å². The van der Waals surface area contributed by atoms with Gasteiger partial charge in [-0.2, -0.15) is 0 Å². The van der Waals surface area contributed by atoms with Gasteiger partial charge in [-0.05, 0) is 56.1 Å². The molecule has 2 aliphatic heterocycles. The van der Waals surface area contributed by atoms with Crippen LogP contribution in [0.15, 0.2) is 42.7 Å². The van der Waals surface area contributed by atoms with Crippen LogP contribution in [0.25, 0.3) is 5.69 Å². The number of nitrogens with one attached hydrogen (secondary N) is 1. The van der Waals surface area contributed by atoms with E-state index in [0.717, 1.165) is 44.7 Å². The van der Waals surface area contributed by atoms with E-state index in [4.69, 9.17) is 0 Å². The van der Waals surface area contributed by atoms with E-state index in [1.54, 1.807) is 12.1 Å². The summed E-state index contributed by atoms with van der Waals surface area (Å²) < 4.78 is 1.94. The van der Waals surface area contributed by atoms with Crippen LogP contribution in [0.5, 0.6) is 5.75 Å². The molecule has 1 spiro atoms. The second-order valence-corrected chi connectivity index (χ2v) is 7.05. The number of amides is 1. The molecule has 0 bridgehead atoms. The molecule has 2 fully saturated rings. The van der Waals surface area contributed by atoms with Crippen LogP contribution in [0.2, 0.25) is 0 Å². The molecule has 126 valence electrons. The van der Waals surface area contributed by atoms with Gasteiger partial charge in [-0.1, -0.05) is 0 Å². The van der Waals surface area contributed by atoms with Gasteiger partial charge in [-0.3, -0.25) is 4.79 Å². The number of carbonyl (C=O) groups excluding carboxylic acids is 1. The van der Waals surface area contributed by atoms with E-state index in [0.29, 0.717) is 5.56 Å². The molecule has 2 N–H and O–H groups in total. The Bertz CT molecular complexity index is 733. The van der Waals surface area contributed by atoms with Gasteiger partial charge in [0.15, 0.2) is 0 Å². The normalized spacial score (nSPS) is 23.8. The quantitative estimate of drug-likeness (QED) is 0.891. The first-order valence-electron chi connectivity index (χ1n) is 8.63. The summed E-state index contributed by atoms with van der Waals surface area (Å²) in [4.78, 5) is 14.9. The summed E-state index contributed by atoms with van der Waals surface area (Å²) in [5, 5.41) is 13.7. The van der Waals surface area contributed by atoms with Crippen molar-refractivity contribution in [1.82, 2.24) is 14.8 Å². The molecule has 1 amide bonds. The highest BCUT2D eigenvalue weighted by Crippen LogP contribution is 2.36. The van der Waals surface area contributed by atoms with Crippen molar-refractivity contribution in [2.45, 2.75) is 19.3 Å². The Labute approximate surface area is 141 Å². The molecule has 2 saturated heterocycles. The zero-order valence-corrected chi connectivity index (χ0v) is 13.7. The third-order valence-electron chi connectivity index (χ3n) is 5.39. The van der Waals surface area contributed by atoms with Crippen LogP contribution in [0, 0.1) is 5.41 Å². The molecule has 24 heavy (non-hydrogen) atoms. The van der Waals surface area contributed by atoms with Crippen LogP contribution in [0.1, 0.15) is 29.6 Å². The number of phenolic OH excluding ortho intramolecular Hbond substituents is 1. The van der Waals surface area contributed by atoms with Gasteiger partial charge in [0.2, 0.25) is 0 Å². The summed E-state index contributed by atoms with van der Waals surface area (Å²) in [6.07, 6.45) is 7.21. The van der Waals surface area contributed by atoms with Crippen molar-refractivity contribution in [3.63, 3.8) is 0 Å². The number of rotatable bonds is 2. The Hall–Kier alpha value is -2.27. The molecule has 5 heteroatoms. The lowest BCUT2D eigenvalue weighted by atomic mass is 9.79. The minimum absolute atomic E-state index is 0.0556. The summed E-state index contributed by atoms with van der Waals surface area (Å²) in [5.41, 5.74) is 1.50. The maximum Gasteiger partial charge on any atom is 0.257 e. The van der Waals surface area contributed by atoms with E-state index in [2.05, 4.69) is 5.32 Å². The Morgan fingerprint density at radius 1 is 1.21 bits per heavy atom. The van der Waals surface area contributed by atoms with Gasteiger partial charge in [0, 0.05) is 43.1 Å². The van der Waals surface area contributed by atoms with Crippen molar-refractivity contribution >= 4 is 5.91 Å². The third kappa shape index (κ3) is 2.69. The maximum atomic E-state index is 13.0. The van der Waals surface area contributed by atoms with Crippen LogP contribution >= 0.6 is 0 Å². The largest absolute Gasteiger partial charge is 0.507 e. The minimum Gasteiger partial charge on any atom is -0.507 e. The molecular weight excluding hydrogens is 302 g/mol. The first kappa shape index (κ1) is 15.3. The molecule has 3 heterocycles. The lowest BCUT2D eigenvalue weighted by Gasteiger charge is -2.40. The van der Waals surface area contributed by atoms with Crippen molar-refractivity contribution in [2.75, 3.05) is 26.2 Å². The van der Waals surface area contributed by atoms with Gasteiger partial charge in [-0.25, -0.2) is 0 Å². The molecule has 0 saturated carbocycles. The maximum absolute atomic E-state index is 13.0. The topological polar surface area (TPSA) is 57.5 Å². The van der Waals surface area contributed by atoms with Crippen molar-refractivity contribution in [3.05, 3.63) is 48.3 Å². The summed E-state index contributed by atoms with van der Waals surface area (Å²) in [6, 6.07) is 9.10. The SMILES string of the molecule is O=C(c1cc(-n2cccc2)ccc1O)N1CCCC2(CCNC2)C1. The second kappa shape index (κ2) is 5.98. The molecule has 4 rings (SSSR count). The first-order chi connectivity index (χ1) is 11.7. The minimum atomic E-state index is -0.0625. The molecule has 1 atom stereocenters. The first-order valence-corrected chi connectivity index (χ1v) is 8.63. The predicted octanol–water partition coefficient (Wildman–Crippen LogP) is 2.40. The average molecular weight is 325 g/mol. The standard InChI is InChI=1S/C19H23N3O2/c23-17-5-4-15(21-9-1-2-10-21)12-16(17)18(24)22-11-3-6-19(14-22)7-8-20-13-19/h1-2,4-5,9-10,12,20,23H,3,6-8,11,13-14H2. The molecule has 0 radical (unpaired) electrons. The van der Waals surface area contributed by atoms with Crippen molar-refractivity contribution < 1.29 is 9.90 Å². The van der Waals surface area contributed by atoms with E-state index < -0.39 is 0 Å². The van der Waals surface area contributed by atoms with E-state index in [-0.39, 0.29) is 17.1 Å². The van der Waals surface area contributed by atoms with Crippen molar-refractivity contribution in [3.8, 4) is 11.4 Å². The summed E-state index contributed by atoms with van der Waals surface area (Å²) in [5.74, 6) is -0.00689. The molecule has 5 nitrogen and oxygen atoms in total. The van der Waals surface area contributed by atoms with Crippen LogP contribution < -0.4 is 5.32 Å². The Kier molecular flexibility index (Phi) is 3.81. The van der Waals surface area contributed by atoms with Crippen molar-refractivity contribution in [1.29, 1.82) is 0 Å². The Morgan fingerprint density at radius 2 is 2.04 bits per heavy atom. The molecular formula is C19H23N3O2. The fourth-order valence-corrected chi connectivity index (χ4v) is 4.06. The summed E-state index contributed by atoms with van der Waals surface area (Å²) in [7, 11) is 0. The van der Waals surface area contributed by atoms with Crippen molar-refractivity contribution in [2.24, 2.45) is 5.41 Å². The lowest BCUT2D eigenvalue weighted by molar-refractivity contribution is 0.0550. The number of benzene rings is 1. The Morgan fingerprint density at radius 3 is 2.79 bits per heavy atom. The van der Waals surface area contributed by atoms with E-state index in [1.807, 2.05) is 40.1 Å². The van der Waals surface area contributed by atoms with E-state index >= 15 is 0 Å². The monoisotopic (exact) mass is 325 g/mol. The number of piperidine rings is 1. The number of carbonyl (C=O) groups is 1. The molecule has 1 unspecified atom stereocenters. The van der Waals surface area contributed by atoms with Gasteiger partial charge in [-0.15, -0.1) is 0 Å². The summed E-state index contributed by atoms with van der Waals surface area (Å²) >= 11 is 0. The number of nitrogens with zero attached hydrogens (tertiary/aromatic N) is 2. The molecule has 2 aromatic rings. The molecule has 2 aliphatic rings. The fourth-order valence-electron chi connectivity index (χ4n) is 4.06. The highest BCUT2D eigenvalue weighted by atomic mass is 16.3. The zero-order chi connectivity index (χ0) is 16.6.